The topological polar surface area (TPSA) is 35.6 Å². The molecule has 2 heterocycles. The number of halogens is 2. The van der Waals surface area contributed by atoms with Crippen molar-refractivity contribution in [1.29, 1.82) is 0 Å². The van der Waals surface area contributed by atoms with Crippen molar-refractivity contribution in [2.24, 2.45) is 0 Å². The smallest absolute Gasteiger partial charge is 0.320 e. The van der Waals surface area contributed by atoms with Gasteiger partial charge in [0.25, 0.3) is 0 Å². The molecule has 1 N–H and O–H groups in total. The molecule has 3 rings (SSSR count). The molecule has 2 saturated heterocycles. The normalized spacial score (nSPS) is 20.4. The lowest BCUT2D eigenvalue weighted by Gasteiger charge is -2.31. The average molecular weight is 312 g/mol. The van der Waals surface area contributed by atoms with Gasteiger partial charge in [-0.05, 0) is 49.7 Å². The fourth-order valence-corrected chi connectivity index (χ4v) is 3.25. The number of urea groups is 1. The lowest BCUT2D eigenvalue weighted by molar-refractivity contribution is 0.164. The predicted molar refractivity (Wildman–Crippen MR) is 79.8 cm³/mol. The van der Waals surface area contributed by atoms with Gasteiger partial charge in [-0.3, -0.25) is 0 Å². The first-order valence-electron chi connectivity index (χ1n) is 7.35. The highest BCUT2D eigenvalue weighted by molar-refractivity contribution is 6.31. The van der Waals surface area contributed by atoms with E-state index in [-0.39, 0.29) is 11.8 Å². The molecule has 6 heteroatoms. The predicted octanol–water partition coefficient (Wildman–Crippen LogP) is 2.47. The van der Waals surface area contributed by atoms with Gasteiger partial charge in [-0.25, -0.2) is 9.18 Å². The van der Waals surface area contributed by atoms with Crippen molar-refractivity contribution in [2.75, 3.05) is 26.2 Å². The summed E-state index contributed by atoms with van der Waals surface area (Å²) in [5, 5.41) is 3.81. The lowest BCUT2D eigenvalue weighted by atomic mass is 10.1. The van der Waals surface area contributed by atoms with E-state index in [1.54, 1.807) is 4.90 Å². The van der Waals surface area contributed by atoms with Crippen molar-refractivity contribution in [3.05, 3.63) is 34.6 Å². The van der Waals surface area contributed by atoms with Crippen LogP contribution in [-0.2, 0) is 6.54 Å². The van der Waals surface area contributed by atoms with Crippen LogP contribution in [0.25, 0.3) is 0 Å². The minimum absolute atomic E-state index is 0.0437. The Morgan fingerprint density at radius 3 is 2.81 bits per heavy atom. The number of carbonyl (C=O) groups is 1. The Morgan fingerprint density at radius 1 is 1.29 bits per heavy atom. The highest BCUT2D eigenvalue weighted by Gasteiger charge is 2.34. The first kappa shape index (κ1) is 14.6. The fourth-order valence-electron chi connectivity index (χ4n) is 3.08. The Balaban J connectivity index is 1.67. The van der Waals surface area contributed by atoms with E-state index in [0.717, 1.165) is 32.5 Å². The second kappa shape index (κ2) is 6.20. The zero-order chi connectivity index (χ0) is 14.8. The standard InChI is InChI=1S/C15H19ClFN3O/c16-14-2-1-12(17)9-11(14)10-19-7-8-20(15(19)21)13-3-5-18-6-4-13/h1-2,9,13,18H,3-8,10H2. The summed E-state index contributed by atoms with van der Waals surface area (Å²) >= 11 is 6.08. The quantitative estimate of drug-likeness (QED) is 0.931. The number of nitrogens with zero attached hydrogens (tertiary/aromatic N) is 2. The Morgan fingerprint density at radius 2 is 2.05 bits per heavy atom. The van der Waals surface area contributed by atoms with E-state index in [0.29, 0.717) is 29.7 Å². The second-order valence-electron chi connectivity index (χ2n) is 5.61. The molecule has 0 atom stereocenters. The summed E-state index contributed by atoms with van der Waals surface area (Å²) in [7, 11) is 0. The maximum absolute atomic E-state index is 13.3. The summed E-state index contributed by atoms with van der Waals surface area (Å²) in [4.78, 5) is 16.2. The summed E-state index contributed by atoms with van der Waals surface area (Å²) in [6.07, 6.45) is 2.00. The summed E-state index contributed by atoms with van der Waals surface area (Å²) < 4.78 is 13.3. The maximum Gasteiger partial charge on any atom is 0.320 e. The summed E-state index contributed by atoms with van der Waals surface area (Å²) in [6.45, 7) is 3.72. The molecule has 2 aliphatic heterocycles. The maximum atomic E-state index is 13.3. The molecule has 2 fully saturated rings. The van der Waals surface area contributed by atoms with Gasteiger partial charge in [0.15, 0.2) is 0 Å². The van der Waals surface area contributed by atoms with Gasteiger partial charge in [-0.15, -0.1) is 0 Å². The molecule has 1 aromatic carbocycles. The zero-order valence-corrected chi connectivity index (χ0v) is 12.6. The molecule has 1 aromatic rings. The minimum Gasteiger partial charge on any atom is -0.320 e. The summed E-state index contributed by atoms with van der Waals surface area (Å²) in [5.74, 6) is -0.323. The van der Waals surface area contributed by atoms with E-state index in [2.05, 4.69) is 5.32 Å². The lowest BCUT2D eigenvalue weighted by Crippen LogP contribution is -2.45. The molecule has 2 aliphatic rings. The van der Waals surface area contributed by atoms with Crippen LogP contribution in [0.15, 0.2) is 18.2 Å². The monoisotopic (exact) mass is 311 g/mol. The molecule has 114 valence electrons. The van der Waals surface area contributed by atoms with Crippen LogP contribution in [-0.4, -0.2) is 48.1 Å². The number of rotatable bonds is 3. The Labute approximate surface area is 128 Å². The number of piperidine rings is 1. The molecular weight excluding hydrogens is 293 g/mol. The molecule has 0 bridgehead atoms. The summed E-state index contributed by atoms with van der Waals surface area (Å²) in [5.41, 5.74) is 0.664. The van der Waals surface area contributed by atoms with Crippen LogP contribution in [0.4, 0.5) is 9.18 Å². The molecule has 0 saturated carbocycles. The van der Waals surface area contributed by atoms with Crippen LogP contribution in [0.5, 0.6) is 0 Å². The van der Waals surface area contributed by atoms with Gasteiger partial charge in [0, 0.05) is 30.7 Å². The molecule has 4 nitrogen and oxygen atoms in total. The van der Waals surface area contributed by atoms with Crippen LogP contribution >= 0.6 is 11.6 Å². The SMILES string of the molecule is O=C1N(Cc2cc(F)ccc2Cl)CCN1C1CCNCC1. The number of hydrogen-bond donors (Lipinski definition) is 1. The van der Waals surface area contributed by atoms with E-state index in [1.165, 1.54) is 18.2 Å². The minimum atomic E-state index is -0.323. The van der Waals surface area contributed by atoms with Crippen LogP contribution < -0.4 is 5.32 Å². The van der Waals surface area contributed by atoms with Gasteiger partial charge in [0.1, 0.15) is 5.82 Å². The van der Waals surface area contributed by atoms with Crippen molar-refractivity contribution in [3.63, 3.8) is 0 Å². The number of benzene rings is 1. The molecular formula is C15H19ClFN3O. The molecule has 2 amide bonds. The van der Waals surface area contributed by atoms with Gasteiger partial charge in [0.2, 0.25) is 0 Å². The molecule has 0 aliphatic carbocycles. The average Bonchev–Trinajstić information content (AvgIpc) is 2.85. The van der Waals surface area contributed by atoms with Crippen molar-refractivity contribution in [2.45, 2.75) is 25.4 Å². The zero-order valence-electron chi connectivity index (χ0n) is 11.8. The first-order chi connectivity index (χ1) is 10.1. The van der Waals surface area contributed by atoms with Gasteiger partial charge >= 0.3 is 6.03 Å². The largest absolute Gasteiger partial charge is 0.320 e. The molecule has 0 radical (unpaired) electrons. The van der Waals surface area contributed by atoms with Crippen LogP contribution in [0, 0.1) is 5.82 Å². The Kier molecular flexibility index (Phi) is 4.31. The van der Waals surface area contributed by atoms with E-state index in [9.17, 15) is 9.18 Å². The van der Waals surface area contributed by atoms with E-state index in [4.69, 9.17) is 11.6 Å². The number of hydrogen-bond acceptors (Lipinski definition) is 2. The van der Waals surface area contributed by atoms with E-state index in [1.807, 2.05) is 4.90 Å². The molecule has 0 aromatic heterocycles. The van der Waals surface area contributed by atoms with Crippen molar-refractivity contribution >= 4 is 17.6 Å². The van der Waals surface area contributed by atoms with Gasteiger partial charge < -0.3 is 15.1 Å². The molecule has 0 spiro atoms. The van der Waals surface area contributed by atoms with Crippen LogP contribution in [0.3, 0.4) is 0 Å². The summed E-state index contributed by atoms with van der Waals surface area (Å²) in [6, 6.07) is 4.65. The van der Waals surface area contributed by atoms with Gasteiger partial charge in [-0.1, -0.05) is 11.6 Å². The third kappa shape index (κ3) is 3.14. The first-order valence-corrected chi connectivity index (χ1v) is 7.73. The van der Waals surface area contributed by atoms with Gasteiger partial charge in [-0.2, -0.15) is 0 Å². The van der Waals surface area contributed by atoms with E-state index >= 15 is 0 Å². The highest BCUT2D eigenvalue weighted by Crippen LogP contribution is 2.23. The van der Waals surface area contributed by atoms with Crippen molar-refractivity contribution < 1.29 is 9.18 Å². The third-order valence-electron chi connectivity index (χ3n) is 4.25. The molecule has 21 heavy (non-hydrogen) atoms. The number of amides is 2. The fraction of sp³-hybridized carbons (Fsp3) is 0.533. The number of carbonyl (C=O) groups excluding carboxylic acids is 1. The Bertz CT molecular complexity index is 534. The highest BCUT2D eigenvalue weighted by atomic mass is 35.5. The van der Waals surface area contributed by atoms with Crippen molar-refractivity contribution in [3.8, 4) is 0 Å². The third-order valence-corrected chi connectivity index (χ3v) is 4.61. The molecule has 0 unspecified atom stereocenters. The van der Waals surface area contributed by atoms with E-state index < -0.39 is 0 Å². The van der Waals surface area contributed by atoms with Crippen molar-refractivity contribution in [1.82, 2.24) is 15.1 Å². The van der Waals surface area contributed by atoms with Crippen LogP contribution in [0.2, 0.25) is 5.02 Å². The van der Waals surface area contributed by atoms with Gasteiger partial charge in [0.05, 0.1) is 0 Å². The number of nitrogens with one attached hydrogen (secondary N) is 1. The van der Waals surface area contributed by atoms with Crippen LogP contribution in [0.1, 0.15) is 18.4 Å². The Hall–Kier alpha value is -1.33. The second-order valence-corrected chi connectivity index (χ2v) is 6.02.